The number of aromatic amines is 1. The summed E-state index contributed by atoms with van der Waals surface area (Å²) in [7, 11) is 0. The van der Waals surface area contributed by atoms with E-state index in [1.54, 1.807) is 18.0 Å². The van der Waals surface area contributed by atoms with Gasteiger partial charge in [0.25, 0.3) is 0 Å². The van der Waals surface area contributed by atoms with Crippen molar-refractivity contribution in [3.8, 4) is 0 Å². The Bertz CT molecular complexity index is 1160. The third-order valence-corrected chi connectivity index (χ3v) is 6.17. The van der Waals surface area contributed by atoms with Gasteiger partial charge in [0.15, 0.2) is 0 Å². The van der Waals surface area contributed by atoms with Crippen LogP contribution in [0.5, 0.6) is 0 Å². The van der Waals surface area contributed by atoms with E-state index in [4.69, 9.17) is 0 Å². The number of aromatic nitrogens is 1. The topological polar surface area (TPSA) is 56.4 Å². The largest absolute Gasteiger partial charge is 0.361 e. The molecule has 5 heteroatoms. The predicted molar refractivity (Wildman–Crippen MR) is 130 cm³/mol. The molecule has 4 rings (SSSR count). The van der Waals surface area contributed by atoms with E-state index in [1.807, 2.05) is 59.6 Å². The Kier molecular flexibility index (Phi) is 6.17. The number of nitrogens with one attached hydrogen (secondary N) is 1. The van der Waals surface area contributed by atoms with E-state index < -0.39 is 0 Å². The molecule has 2 unspecified atom stereocenters. The Morgan fingerprint density at radius 3 is 2.62 bits per heavy atom. The maximum atomic E-state index is 13.8. The highest BCUT2D eigenvalue weighted by Crippen LogP contribution is 2.35. The minimum atomic E-state index is -0.314. The molecule has 32 heavy (non-hydrogen) atoms. The van der Waals surface area contributed by atoms with Crippen LogP contribution in [-0.4, -0.2) is 27.7 Å². The lowest BCUT2D eigenvalue weighted by Gasteiger charge is -2.36. The standard InChI is InChI=1S/C27H31N3O2/c1-18(2)15-19(3)30(23-9-10-25-22(16-23)11-13-28-25)27(32)17-26-24-8-6-5-7-21(24)12-14-29(26)20(4)31/h5-14,16,18-19,26,28H,15,17H2,1-4H3. The van der Waals surface area contributed by atoms with E-state index in [1.165, 1.54) is 0 Å². The second-order valence-electron chi connectivity index (χ2n) is 9.08. The molecule has 0 bridgehead atoms. The highest BCUT2D eigenvalue weighted by molar-refractivity contribution is 5.97. The molecule has 2 amide bonds. The maximum Gasteiger partial charge on any atom is 0.229 e. The Balaban J connectivity index is 1.70. The smallest absolute Gasteiger partial charge is 0.229 e. The number of hydrogen-bond donors (Lipinski definition) is 1. The van der Waals surface area contributed by atoms with Gasteiger partial charge >= 0.3 is 0 Å². The summed E-state index contributed by atoms with van der Waals surface area (Å²) in [5.41, 5.74) is 4.01. The molecule has 166 valence electrons. The number of benzene rings is 2. The molecule has 0 fully saturated rings. The normalized spacial score (nSPS) is 16.3. The number of anilines is 1. The minimum Gasteiger partial charge on any atom is -0.361 e. The van der Waals surface area contributed by atoms with Crippen molar-refractivity contribution in [1.29, 1.82) is 0 Å². The van der Waals surface area contributed by atoms with Gasteiger partial charge in [-0.25, -0.2) is 0 Å². The average molecular weight is 430 g/mol. The summed E-state index contributed by atoms with van der Waals surface area (Å²) in [5.74, 6) is 0.418. The first-order valence-electron chi connectivity index (χ1n) is 11.3. The Morgan fingerprint density at radius 1 is 1.09 bits per heavy atom. The molecule has 5 nitrogen and oxygen atoms in total. The molecule has 1 aliphatic rings. The lowest BCUT2D eigenvalue weighted by atomic mass is 9.92. The van der Waals surface area contributed by atoms with Gasteiger partial charge < -0.3 is 14.8 Å². The molecule has 0 aliphatic carbocycles. The molecule has 0 saturated heterocycles. The van der Waals surface area contributed by atoms with Crippen LogP contribution < -0.4 is 4.90 Å². The van der Waals surface area contributed by atoms with E-state index in [0.29, 0.717) is 5.92 Å². The molecular weight excluding hydrogens is 398 g/mol. The summed E-state index contributed by atoms with van der Waals surface area (Å²) >= 11 is 0. The Morgan fingerprint density at radius 2 is 1.88 bits per heavy atom. The molecule has 1 N–H and O–H groups in total. The van der Waals surface area contributed by atoms with E-state index in [0.717, 1.165) is 34.1 Å². The van der Waals surface area contributed by atoms with Crippen LogP contribution in [0.2, 0.25) is 0 Å². The third-order valence-electron chi connectivity index (χ3n) is 6.17. The van der Waals surface area contributed by atoms with Crippen molar-refractivity contribution >= 4 is 34.5 Å². The van der Waals surface area contributed by atoms with Crippen LogP contribution in [0.4, 0.5) is 5.69 Å². The van der Waals surface area contributed by atoms with Crippen LogP contribution in [-0.2, 0) is 9.59 Å². The van der Waals surface area contributed by atoms with Crippen LogP contribution in [0.3, 0.4) is 0 Å². The lowest BCUT2D eigenvalue weighted by Crippen LogP contribution is -2.42. The average Bonchev–Trinajstić information content (AvgIpc) is 3.21. The highest BCUT2D eigenvalue weighted by Gasteiger charge is 2.32. The predicted octanol–water partition coefficient (Wildman–Crippen LogP) is 5.90. The zero-order valence-corrected chi connectivity index (χ0v) is 19.2. The number of amides is 2. The number of carbonyl (C=O) groups is 2. The fraction of sp³-hybridized carbons (Fsp3) is 0.333. The quantitative estimate of drug-likeness (QED) is 0.530. The highest BCUT2D eigenvalue weighted by atomic mass is 16.2. The SMILES string of the molecule is CC(=O)N1C=Cc2ccccc2C1CC(=O)N(c1ccc2[nH]ccc2c1)C(C)CC(C)C. The van der Waals surface area contributed by atoms with Crippen molar-refractivity contribution in [2.75, 3.05) is 4.90 Å². The summed E-state index contributed by atoms with van der Waals surface area (Å²) in [6.07, 6.45) is 6.78. The zero-order valence-electron chi connectivity index (χ0n) is 19.2. The number of rotatable bonds is 6. The summed E-state index contributed by atoms with van der Waals surface area (Å²) in [6, 6.07) is 15.8. The van der Waals surface area contributed by atoms with Crippen molar-refractivity contribution in [3.05, 3.63) is 72.1 Å². The number of carbonyl (C=O) groups excluding carboxylic acids is 2. The van der Waals surface area contributed by atoms with Crippen LogP contribution in [0.1, 0.15) is 57.7 Å². The molecule has 3 aromatic rings. The molecule has 0 saturated carbocycles. The fourth-order valence-electron chi connectivity index (χ4n) is 4.80. The molecule has 2 heterocycles. The van der Waals surface area contributed by atoms with Gasteiger partial charge in [-0.05, 0) is 60.7 Å². The Labute approximate surface area is 189 Å². The molecule has 1 aliphatic heterocycles. The van der Waals surface area contributed by atoms with Crippen molar-refractivity contribution in [2.45, 2.75) is 52.6 Å². The van der Waals surface area contributed by atoms with Gasteiger partial charge in [0.05, 0.1) is 12.5 Å². The van der Waals surface area contributed by atoms with Gasteiger partial charge in [0, 0.05) is 42.0 Å². The van der Waals surface area contributed by atoms with Crippen LogP contribution >= 0.6 is 0 Å². The van der Waals surface area contributed by atoms with Crippen molar-refractivity contribution in [3.63, 3.8) is 0 Å². The second kappa shape index (κ2) is 9.03. The summed E-state index contributed by atoms with van der Waals surface area (Å²) < 4.78 is 0. The molecule has 1 aromatic heterocycles. The van der Waals surface area contributed by atoms with Gasteiger partial charge in [-0.1, -0.05) is 38.1 Å². The minimum absolute atomic E-state index is 0.0226. The molecular formula is C27H31N3O2. The van der Waals surface area contributed by atoms with Gasteiger partial charge in [0.2, 0.25) is 11.8 Å². The van der Waals surface area contributed by atoms with Gasteiger partial charge in [-0.2, -0.15) is 0 Å². The van der Waals surface area contributed by atoms with E-state index in [9.17, 15) is 9.59 Å². The zero-order chi connectivity index (χ0) is 22.8. The lowest BCUT2D eigenvalue weighted by molar-refractivity contribution is -0.129. The summed E-state index contributed by atoms with van der Waals surface area (Å²) in [4.78, 5) is 33.0. The first kappa shape index (κ1) is 21.9. The van der Waals surface area contributed by atoms with Gasteiger partial charge in [0.1, 0.15) is 0 Å². The van der Waals surface area contributed by atoms with E-state index in [-0.39, 0.29) is 30.3 Å². The van der Waals surface area contributed by atoms with Gasteiger partial charge in [-0.3, -0.25) is 9.59 Å². The first-order chi connectivity index (χ1) is 15.3. The third kappa shape index (κ3) is 4.33. The summed E-state index contributed by atoms with van der Waals surface area (Å²) in [5, 5.41) is 1.08. The first-order valence-corrected chi connectivity index (χ1v) is 11.3. The molecule has 2 aromatic carbocycles. The molecule has 2 atom stereocenters. The number of H-pyrrole nitrogens is 1. The summed E-state index contributed by atoms with van der Waals surface area (Å²) in [6.45, 7) is 8.01. The maximum absolute atomic E-state index is 13.8. The number of hydrogen-bond acceptors (Lipinski definition) is 2. The van der Waals surface area contributed by atoms with Crippen LogP contribution in [0.15, 0.2) is 60.9 Å². The van der Waals surface area contributed by atoms with Crippen molar-refractivity contribution in [1.82, 2.24) is 9.88 Å². The fourth-order valence-corrected chi connectivity index (χ4v) is 4.80. The number of fused-ring (bicyclic) bond motifs is 2. The monoisotopic (exact) mass is 429 g/mol. The van der Waals surface area contributed by atoms with Crippen molar-refractivity contribution < 1.29 is 9.59 Å². The molecule has 0 radical (unpaired) electrons. The second-order valence-corrected chi connectivity index (χ2v) is 9.08. The van der Waals surface area contributed by atoms with Crippen molar-refractivity contribution in [2.24, 2.45) is 5.92 Å². The van der Waals surface area contributed by atoms with E-state index >= 15 is 0 Å². The van der Waals surface area contributed by atoms with Crippen LogP contribution in [0, 0.1) is 5.92 Å². The van der Waals surface area contributed by atoms with Gasteiger partial charge in [-0.15, -0.1) is 0 Å². The number of nitrogens with zero attached hydrogens (tertiary/aromatic N) is 2. The molecule has 0 spiro atoms. The van der Waals surface area contributed by atoms with Crippen LogP contribution in [0.25, 0.3) is 17.0 Å². The Hall–Kier alpha value is -3.34. The van der Waals surface area contributed by atoms with E-state index in [2.05, 4.69) is 31.8 Å².